The third-order valence-corrected chi connectivity index (χ3v) is 3.69. The van der Waals surface area contributed by atoms with Crippen LogP contribution in [0.1, 0.15) is 45.4 Å². The molecule has 92 valence electrons. The first-order valence-electron chi connectivity index (χ1n) is 6.15. The zero-order chi connectivity index (χ0) is 12.0. The van der Waals surface area contributed by atoms with Gasteiger partial charge in [0, 0.05) is 12.1 Å². The molecule has 1 saturated carbocycles. The molecule has 1 aliphatic carbocycles. The van der Waals surface area contributed by atoms with Crippen LogP contribution in [0.4, 0.5) is 0 Å². The Kier molecular flexibility index (Phi) is 5.00. The Morgan fingerprint density at radius 2 is 2.00 bits per heavy atom. The topological polar surface area (TPSA) is 40.5 Å². The minimum absolute atomic E-state index is 0.108. The van der Waals surface area contributed by atoms with Crippen LogP contribution in [0.25, 0.3) is 0 Å². The number of carboxylic acids is 1. The number of allylic oxidation sites excluding steroid dienone is 1. The molecule has 0 atom stereocenters. The van der Waals surface area contributed by atoms with E-state index < -0.39 is 5.97 Å². The van der Waals surface area contributed by atoms with Crippen molar-refractivity contribution < 1.29 is 9.90 Å². The lowest BCUT2D eigenvalue weighted by molar-refractivity contribution is -0.140. The van der Waals surface area contributed by atoms with Crippen molar-refractivity contribution in [1.29, 1.82) is 0 Å². The molecule has 1 N–H and O–H groups in total. The van der Waals surface area contributed by atoms with Gasteiger partial charge in [0.25, 0.3) is 0 Å². The average molecular weight is 225 g/mol. The molecule has 1 aliphatic rings. The molecule has 1 rings (SSSR count). The molecular weight excluding hydrogens is 202 g/mol. The van der Waals surface area contributed by atoms with Gasteiger partial charge in [-0.2, -0.15) is 0 Å². The molecule has 0 aliphatic heterocycles. The average Bonchev–Trinajstić information content (AvgIpc) is 2.26. The minimum atomic E-state index is -0.672. The molecule has 0 amide bonds. The molecule has 0 aromatic heterocycles. The van der Waals surface area contributed by atoms with Crippen LogP contribution in [0, 0.1) is 0 Å². The lowest BCUT2D eigenvalue weighted by Crippen LogP contribution is -2.49. The Bertz CT molecular complexity index is 255. The normalized spacial score (nSPS) is 20.4. The van der Waals surface area contributed by atoms with E-state index in [1.807, 2.05) is 20.0 Å². The number of hydrogen-bond acceptors (Lipinski definition) is 2. The van der Waals surface area contributed by atoms with E-state index in [9.17, 15) is 4.79 Å². The Labute approximate surface area is 98.1 Å². The molecule has 0 radical (unpaired) electrons. The fraction of sp³-hybridized carbons (Fsp3) is 0.769. The monoisotopic (exact) mass is 225 g/mol. The van der Waals surface area contributed by atoms with Gasteiger partial charge in [0.05, 0.1) is 6.42 Å². The summed E-state index contributed by atoms with van der Waals surface area (Å²) < 4.78 is 0. The van der Waals surface area contributed by atoms with Crippen LogP contribution in [-0.4, -0.2) is 35.1 Å². The number of carbonyl (C=O) groups is 1. The number of aliphatic carboxylic acids is 1. The third-order valence-electron chi connectivity index (χ3n) is 3.69. The molecule has 0 unspecified atom stereocenters. The Morgan fingerprint density at radius 3 is 2.50 bits per heavy atom. The predicted octanol–water partition coefficient (Wildman–Crippen LogP) is 2.67. The second kappa shape index (κ2) is 6.04. The molecule has 0 aromatic carbocycles. The van der Waals surface area contributed by atoms with E-state index >= 15 is 0 Å². The van der Waals surface area contributed by atoms with Crippen LogP contribution >= 0.6 is 0 Å². The fourth-order valence-electron chi connectivity index (χ4n) is 2.64. The number of rotatable bonds is 5. The van der Waals surface area contributed by atoms with E-state index in [0.717, 1.165) is 32.2 Å². The first-order valence-corrected chi connectivity index (χ1v) is 6.15. The van der Waals surface area contributed by atoms with Gasteiger partial charge in [0.2, 0.25) is 0 Å². The smallest absolute Gasteiger partial charge is 0.305 e. The van der Waals surface area contributed by atoms with Crippen molar-refractivity contribution in [2.24, 2.45) is 0 Å². The maximum Gasteiger partial charge on any atom is 0.305 e. The van der Waals surface area contributed by atoms with Gasteiger partial charge in [0.1, 0.15) is 0 Å². The molecule has 0 heterocycles. The van der Waals surface area contributed by atoms with Gasteiger partial charge in [-0.05, 0) is 26.8 Å². The van der Waals surface area contributed by atoms with Crippen LogP contribution in [-0.2, 0) is 4.79 Å². The van der Waals surface area contributed by atoms with Crippen molar-refractivity contribution >= 4 is 5.97 Å². The second-order valence-electron chi connectivity index (χ2n) is 4.81. The first kappa shape index (κ1) is 13.2. The van der Waals surface area contributed by atoms with Crippen LogP contribution in [0.5, 0.6) is 0 Å². The minimum Gasteiger partial charge on any atom is -0.481 e. The molecule has 0 bridgehead atoms. The summed E-state index contributed by atoms with van der Waals surface area (Å²) in [7, 11) is 2.05. The molecule has 16 heavy (non-hydrogen) atoms. The predicted molar refractivity (Wildman–Crippen MR) is 65.5 cm³/mol. The van der Waals surface area contributed by atoms with Crippen LogP contribution in [0.3, 0.4) is 0 Å². The van der Waals surface area contributed by atoms with Crippen LogP contribution in [0.15, 0.2) is 12.2 Å². The molecule has 3 nitrogen and oxygen atoms in total. The third kappa shape index (κ3) is 3.34. The fourth-order valence-corrected chi connectivity index (χ4v) is 2.64. The van der Waals surface area contributed by atoms with E-state index in [0.29, 0.717) is 0 Å². The second-order valence-corrected chi connectivity index (χ2v) is 4.81. The molecule has 0 aromatic rings. The molecular formula is C13H23NO2. The quantitative estimate of drug-likeness (QED) is 0.731. The highest BCUT2D eigenvalue weighted by Crippen LogP contribution is 2.35. The van der Waals surface area contributed by atoms with E-state index in [4.69, 9.17) is 5.11 Å². The van der Waals surface area contributed by atoms with Gasteiger partial charge >= 0.3 is 5.97 Å². The number of likely N-dealkylation sites (N-methyl/N-ethyl adjacent to an activating group) is 1. The van der Waals surface area contributed by atoms with Gasteiger partial charge < -0.3 is 5.11 Å². The van der Waals surface area contributed by atoms with E-state index in [2.05, 4.69) is 11.0 Å². The molecule has 0 saturated heterocycles. The highest BCUT2D eigenvalue weighted by atomic mass is 16.4. The highest BCUT2D eigenvalue weighted by molar-refractivity contribution is 5.68. The Balaban J connectivity index is 2.71. The zero-order valence-corrected chi connectivity index (χ0v) is 10.4. The van der Waals surface area contributed by atoms with Crippen molar-refractivity contribution in [2.45, 2.75) is 51.0 Å². The maximum atomic E-state index is 11.0. The van der Waals surface area contributed by atoms with Gasteiger partial charge in [-0.3, -0.25) is 9.69 Å². The lowest BCUT2D eigenvalue weighted by atomic mass is 9.78. The van der Waals surface area contributed by atoms with Gasteiger partial charge in [0.15, 0.2) is 0 Å². The SMILES string of the molecule is CC=CCN(C)C1(CC(=O)O)CCCCC1. The number of hydrogen-bond donors (Lipinski definition) is 1. The Hall–Kier alpha value is -0.830. The lowest BCUT2D eigenvalue weighted by Gasteiger charge is -2.43. The van der Waals surface area contributed by atoms with Crippen LogP contribution in [0.2, 0.25) is 0 Å². The van der Waals surface area contributed by atoms with E-state index in [-0.39, 0.29) is 12.0 Å². The molecule has 1 fully saturated rings. The van der Waals surface area contributed by atoms with Gasteiger partial charge in [-0.1, -0.05) is 31.4 Å². The zero-order valence-electron chi connectivity index (χ0n) is 10.4. The number of nitrogens with zero attached hydrogens (tertiary/aromatic N) is 1. The van der Waals surface area contributed by atoms with Crippen molar-refractivity contribution in [3.05, 3.63) is 12.2 Å². The van der Waals surface area contributed by atoms with Crippen molar-refractivity contribution in [1.82, 2.24) is 4.90 Å². The maximum absolute atomic E-state index is 11.0. The summed E-state index contributed by atoms with van der Waals surface area (Å²) in [6, 6.07) is 0. The van der Waals surface area contributed by atoms with Crippen molar-refractivity contribution in [2.75, 3.05) is 13.6 Å². The largest absolute Gasteiger partial charge is 0.481 e. The standard InChI is InChI=1S/C13H23NO2/c1-3-4-10-14(2)13(11-12(15)16)8-6-5-7-9-13/h3-4H,5-11H2,1-2H3,(H,15,16). The molecule has 0 spiro atoms. The summed E-state index contributed by atoms with van der Waals surface area (Å²) in [6.45, 7) is 2.85. The van der Waals surface area contributed by atoms with Crippen molar-refractivity contribution in [3.8, 4) is 0 Å². The summed E-state index contributed by atoms with van der Waals surface area (Å²) >= 11 is 0. The molecule has 3 heteroatoms. The summed E-state index contributed by atoms with van der Waals surface area (Å²) in [5.74, 6) is -0.672. The summed E-state index contributed by atoms with van der Waals surface area (Å²) in [4.78, 5) is 13.2. The summed E-state index contributed by atoms with van der Waals surface area (Å²) in [6.07, 6.45) is 10.0. The summed E-state index contributed by atoms with van der Waals surface area (Å²) in [5, 5.41) is 9.06. The number of carboxylic acid groups (broad SMARTS) is 1. The van der Waals surface area contributed by atoms with Gasteiger partial charge in [-0.25, -0.2) is 0 Å². The van der Waals surface area contributed by atoms with E-state index in [1.54, 1.807) is 0 Å². The van der Waals surface area contributed by atoms with Gasteiger partial charge in [-0.15, -0.1) is 0 Å². The van der Waals surface area contributed by atoms with Crippen molar-refractivity contribution in [3.63, 3.8) is 0 Å². The Morgan fingerprint density at radius 1 is 1.38 bits per heavy atom. The van der Waals surface area contributed by atoms with Crippen LogP contribution < -0.4 is 0 Å². The summed E-state index contributed by atoms with van der Waals surface area (Å²) in [5.41, 5.74) is -0.108. The first-order chi connectivity index (χ1) is 7.60. The highest BCUT2D eigenvalue weighted by Gasteiger charge is 2.37. The van der Waals surface area contributed by atoms with E-state index in [1.165, 1.54) is 6.42 Å².